The van der Waals surface area contributed by atoms with Crippen molar-refractivity contribution in [1.29, 1.82) is 0 Å². The largest absolute Gasteiger partial charge is 0.480 e. The maximum absolute atomic E-state index is 12.6. The standard InChI is InChI=1S/C33H53N11O3/c1-3-9-24(4-2)36-18-7-16-35-17-8-19-44-23-26(41-42-44)22-37-33-39-29-11-6-5-10-27(29)31(40-33)38-25-14-20-43(21-15-25)30(45)13-12-28(34)32(46)47/h5-6,10-11,23-25,28,35-36H,3-4,7-9,12-22,34H2,1-2H3,(H,46,47)(H2,37,38,39,40). The van der Waals surface area contributed by atoms with Crippen molar-refractivity contribution >= 4 is 34.5 Å². The molecule has 14 heteroatoms. The van der Waals surface area contributed by atoms with Crippen LogP contribution in [-0.2, 0) is 22.7 Å². The van der Waals surface area contributed by atoms with Crippen molar-refractivity contribution in [1.82, 2.24) is 40.5 Å². The van der Waals surface area contributed by atoms with E-state index in [9.17, 15) is 9.59 Å². The number of para-hydroxylation sites is 1. The van der Waals surface area contributed by atoms with Crippen LogP contribution in [0.3, 0.4) is 0 Å². The number of nitrogens with zero attached hydrogens (tertiary/aromatic N) is 6. The van der Waals surface area contributed by atoms with Crippen LogP contribution in [0, 0.1) is 0 Å². The second-order valence-electron chi connectivity index (χ2n) is 12.3. The first-order valence-corrected chi connectivity index (χ1v) is 17.2. The number of carbonyl (C=O) groups is 2. The maximum Gasteiger partial charge on any atom is 0.320 e. The number of piperidine rings is 1. The quantitative estimate of drug-likeness (QED) is 0.0926. The van der Waals surface area contributed by atoms with E-state index in [1.165, 1.54) is 19.3 Å². The van der Waals surface area contributed by atoms with E-state index in [0.717, 1.165) is 74.3 Å². The van der Waals surface area contributed by atoms with Gasteiger partial charge in [-0.15, -0.1) is 5.10 Å². The van der Waals surface area contributed by atoms with Crippen LogP contribution in [0.4, 0.5) is 11.8 Å². The zero-order valence-corrected chi connectivity index (χ0v) is 28.0. The third-order valence-electron chi connectivity index (χ3n) is 8.63. The molecule has 1 fully saturated rings. The van der Waals surface area contributed by atoms with Crippen molar-refractivity contribution in [2.24, 2.45) is 5.73 Å². The van der Waals surface area contributed by atoms with Crippen LogP contribution in [0.5, 0.6) is 0 Å². The lowest BCUT2D eigenvalue weighted by Crippen LogP contribution is -2.43. The molecule has 1 amide bonds. The van der Waals surface area contributed by atoms with Crippen LogP contribution in [-0.4, -0.2) is 97.7 Å². The summed E-state index contributed by atoms with van der Waals surface area (Å²) in [4.78, 5) is 34.8. The fourth-order valence-electron chi connectivity index (χ4n) is 5.80. The monoisotopic (exact) mass is 651 g/mol. The Balaban J connectivity index is 1.20. The molecule has 47 heavy (non-hydrogen) atoms. The number of nitrogens with two attached hydrogens (primary N) is 1. The van der Waals surface area contributed by atoms with Gasteiger partial charge in [0.25, 0.3) is 0 Å². The van der Waals surface area contributed by atoms with Crippen molar-refractivity contribution in [3.63, 3.8) is 0 Å². The highest BCUT2D eigenvalue weighted by Crippen LogP contribution is 2.25. The number of aryl methyl sites for hydroxylation is 1. The molecule has 2 atom stereocenters. The Hall–Kier alpha value is -3.88. The number of hydrogen-bond acceptors (Lipinski definition) is 11. The molecule has 4 rings (SSSR count). The van der Waals surface area contributed by atoms with Crippen molar-refractivity contribution in [2.45, 2.75) is 103 Å². The summed E-state index contributed by atoms with van der Waals surface area (Å²) in [6, 6.07) is 7.64. The van der Waals surface area contributed by atoms with Gasteiger partial charge in [0.2, 0.25) is 11.9 Å². The van der Waals surface area contributed by atoms with Crippen LogP contribution in [0.2, 0.25) is 0 Å². The Morgan fingerprint density at radius 1 is 1.06 bits per heavy atom. The predicted molar refractivity (Wildman–Crippen MR) is 184 cm³/mol. The maximum atomic E-state index is 12.6. The smallest absolute Gasteiger partial charge is 0.320 e. The summed E-state index contributed by atoms with van der Waals surface area (Å²) in [6.45, 7) is 9.93. The molecule has 1 saturated heterocycles. The van der Waals surface area contributed by atoms with Crippen molar-refractivity contribution in [3.05, 3.63) is 36.2 Å². The first kappa shape index (κ1) is 36.0. The van der Waals surface area contributed by atoms with Crippen molar-refractivity contribution in [3.8, 4) is 0 Å². The zero-order valence-electron chi connectivity index (χ0n) is 28.0. The lowest BCUT2D eigenvalue weighted by molar-refractivity contribution is -0.139. The van der Waals surface area contributed by atoms with Crippen LogP contribution in [0.15, 0.2) is 30.5 Å². The lowest BCUT2D eigenvalue weighted by atomic mass is 10.0. The molecule has 3 heterocycles. The number of rotatable bonds is 21. The minimum atomic E-state index is -1.08. The first-order valence-electron chi connectivity index (χ1n) is 17.2. The molecule has 2 unspecified atom stereocenters. The number of hydrogen-bond donors (Lipinski definition) is 6. The molecule has 0 radical (unpaired) electrons. The third-order valence-corrected chi connectivity index (χ3v) is 8.63. The van der Waals surface area contributed by atoms with Gasteiger partial charge in [-0.25, -0.2) is 4.98 Å². The summed E-state index contributed by atoms with van der Waals surface area (Å²) in [7, 11) is 0. The van der Waals surface area contributed by atoms with Crippen LogP contribution < -0.4 is 27.0 Å². The van der Waals surface area contributed by atoms with Gasteiger partial charge in [0.1, 0.15) is 17.6 Å². The molecule has 1 aliphatic heterocycles. The average molecular weight is 652 g/mol. The number of likely N-dealkylation sites (tertiary alicyclic amines) is 1. The number of fused-ring (bicyclic) bond motifs is 1. The van der Waals surface area contributed by atoms with E-state index in [1.54, 1.807) is 4.90 Å². The van der Waals surface area contributed by atoms with E-state index in [-0.39, 0.29) is 24.8 Å². The van der Waals surface area contributed by atoms with Gasteiger partial charge in [-0.2, -0.15) is 4.98 Å². The number of carboxylic acid groups (broad SMARTS) is 1. The van der Waals surface area contributed by atoms with Crippen LogP contribution in [0.1, 0.15) is 77.3 Å². The average Bonchev–Trinajstić information content (AvgIpc) is 3.54. The fourth-order valence-corrected chi connectivity index (χ4v) is 5.80. The highest BCUT2D eigenvalue weighted by atomic mass is 16.4. The minimum Gasteiger partial charge on any atom is -0.480 e. The molecule has 0 saturated carbocycles. The van der Waals surface area contributed by atoms with Crippen LogP contribution >= 0.6 is 0 Å². The molecule has 2 aromatic heterocycles. The van der Waals surface area contributed by atoms with Gasteiger partial charge in [0.15, 0.2) is 0 Å². The summed E-state index contributed by atoms with van der Waals surface area (Å²) >= 11 is 0. The van der Waals surface area contributed by atoms with Gasteiger partial charge in [-0.05, 0) is 76.7 Å². The summed E-state index contributed by atoms with van der Waals surface area (Å²) in [5.74, 6) is 0.105. The number of aromatic nitrogens is 5. The molecule has 0 aliphatic carbocycles. The molecule has 7 N–H and O–H groups in total. The Morgan fingerprint density at radius 3 is 2.62 bits per heavy atom. The van der Waals surface area contributed by atoms with Gasteiger partial charge < -0.3 is 37.0 Å². The number of amides is 1. The van der Waals surface area contributed by atoms with E-state index in [2.05, 4.69) is 45.4 Å². The summed E-state index contributed by atoms with van der Waals surface area (Å²) in [5, 5.41) is 32.6. The molecule has 14 nitrogen and oxygen atoms in total. The van der Waals surface area contributed by atoms with E-state index >= 15 is 0 Å². The van der Waals surface area contributed by atoms with Gasteiger partial charge in [0.05, 0.1) is 18.3 Å². The molecule has 1 aliphatic rings. The highest BCUT2D eigenvalue weighted by molar-refractivity contribution is 5.90. The Morgan fingerprint density at radius 2 is 1.85 bits per heavy atom. The number of benzene rings is 1. The normalized spacial score (nSPS) is 15.1. The highest BCUT2D eigenvalue weighted by Gasteiger charge is 2.24. The SMILES string of the molecule is CCCC(CC)NCCCNCCCn1cc(CNc2nc(NC3CCN(C(=O)CCC(N)C(=O)O)CC3)c3ccccc3n2)nn1. The van der Waals surface area contributed by atoms with Gasteiger partial charge in [-0.1, -0.05) is 37.6 Å². The summed E-state index contributed by atoms with van der Waals surface area (Å²) in [6.07, 6.45) is 9.51. The van der Waals surface area contributed by atoms with E-state index in [0.29, 0.717) is 31.6 Å². The number of aliphatic carboxylic acids is 1. The zero-order chi connectivity index (χ0) is 33.4. The Labute approximate surface area is 277 Å². The topological polar surface area (TPSA) is 188 Å². The molecular weight excluding hydrogens is 598 g/mol. The van der Waals surface area contributed by atoms with Gasteiger partial charge in [0, 0.05) is 43.5 Å². The second-order valence-corrected chi connectivity index (χ2v) is 12.3. The third kappa shape index (κ3) is 11.7. The van der Waals surface area contributed by atoms with E-state index in [4.69, 9.17) is 20.8 Å². The second kappa shape index (κ2) is 19.1. The fraction of sp³-hybridized carbons (Fsp3) is 0.636. The summed E-state index contributed by atoms with van der Waals surface area (Å²) in [5.41, 5.74) is 7.20. The molecule has 258 valence electrons. The first-order chi connectivity index (χ1) is 22.9. The van der Waals surface area contributed by atoms with Crippen LogP contribution in [0.25, 0.3) is 10.9 Å². The molecular formula is C33H53N11O3. The van der Waals surface area contributed by atoms with Crippen molar-refractivity contribution < 1.29 is 14.7 Å². The number of anilines is 2. The molecule has 1 aromatic carbocycles. The van der Waals surface area contributed by atoms with E-state index < -0.39 is 12.0 Å². The number of carboxylic acids is 1. The summed E-state index contributed by atoms with van der Waals surface area (Å²) < 4.78 is 1.88. The van der Waals surface area contributed by atoms with E-state index in [1.807, 2.05) is 35.1 Å². The predicted octanol–water partition coefficient (Wildman–Crippen LogP) is 2.97. The van der Waals surface area contributed by atoms with Crippen molar-refractivity contribution in [2.75, 3.05) is 43.4 Å². The number of nitrogens with one attached hydrogen (secondary N) is 4. The molecule has 3 aromatic rings. The van der Waals surface area contributed by atoms with Gasteiger partial charge >= 0.3 is 5.97 Å². The van der Waals surface area contributed by atoms with Gasteiger partial charge in [-0.3, -0.25) is 14.3 Å². The number of carbonyl (C=O) groups excluding carboxylic acids is 1. The Bertz CT molecular complexity index is 1390. The molecule has 0 bridgehead atoms. The Kier molecular flexibility index (Phi) is 14.6. The molecule has 0 spiro atoms. The minimum absolute atomic E-state index is 0.0564. The lowest BCUT2D eigenvalue weighted by Gasteiger charge is -2.33.